The van der Waals surface area contributed by atoms with Crippen LogP contribution in [0.15, 0.2) is 76.2 Å². The number of hydrogen-bond donors (Lipinski definition) is 0. The molecule has 0 bridgehead atoms. The van der Waals surface area contributed by atoms with E-state index in [2.05, 4.69) is 27.0 Å². The lowest BCUT2D eigenvalue weighted by atomic mass is 9.99. The summed E-state index contributed by atoms with van der Waals surface area (Å²) in [5.74, 6) is 0. The monoisotopic (exact) mass is 427 g/mol. The van der Waals surface area contributed by atoms with Gasteiger partial charge in [0.25, 0.3) is 0 Å². The number of aryl methyl sites for hydroxylation is 1. The first kappa shape index (κ1) is 18.5. The summed E-state index contributed by atoms with van der Waals surface area (Å²) >= 11 is 3.49. The van der Waals surface area contributed by atoms with Crippen molar-refractivity contribution < 1.29 is 8.42 Å². The zero-order chi connectivity index (χ0) is 18.7. The third-order valence-corrected chi connectivity index (χ3v) is 5.56. The minimum atomic E-state index is -3.22. The maximum Gasteiger partial charge on any atom is 0.175 e. The highest BCUT2D eigenvalue weighted by Crippen LogP contribution is 2.27. The fraction of sp³-hybridized carbons (Fsp3) is 0.0952. The van der Waals surface area contributed by atoms with Gasteiger partial charge in [0.15, 0.2) is 9.84 Å². The Morgan fingerprint density at radius 2 is 1.77 bits per heavy atom. The van der Waals surface area contributed by atoms with Gasteiger partial charge in [-0.25, -0.2) is 8.42 Å². The molecule has 0 spiro atoms. The van der Waals surface area contributed by atoms with Crippen molar-refractivity contribution in [1.29, 1.82) is 0 Å². The van der Waals surface area contributed by atoms with Crippen molar-refractivity contribution in [2.24, 2.45) is 0 Å². The average molecular weight is 428 g/mol. The van der Waals surface area contributed by atoms with E-state index in [9.17, 15) is 8.42 Å². The Bertz CT molecular complexity index is 1050. The van der Waals surface area contributed by atoms with Crippen LogP contribution in [-0.2, 0) is 9.84 Å². The summed E-state index contributed by atoms with van der Waals surface area (Å²) in [6.45, 7) is 2.00. The first-order chi connectivity index (χ1) is 12.3. The van der Waals surface area contributed by atoms with E-state index < -0.39 is 9.84 Å². The van der Waals surface area contributed by atoms with Crippen molar-refractivity contribution in [1.82, 2.24) is 4.98 Å². The second kappa shape index (κ2) is 7.56. The van der Waals surface area contributed by atoms with Gasteiger partial charge >= 0.3 is 0 Å². The summed E-state index contributed by atoms with van der Waals surface area (Å²) in [6, 6.07) is 18.9. The third-order valence-electron chi connectivity index (χ3n) is 3.94. The molecule has 3 rings (SSSR count). The van der Waals surface area contributed by atoms with Gasteiger partial charge in [-0.05, 0) is 60.0 Å². The maximum atomic E-state index is 11.7. The van der Waals surface area contributed by atoms with E-state index in [1.54, 1.807) is 12.1 Å². The van der Waals surface area contributed by atoms with Crippen molar-refractivity contribution in [3.63, 3.8) is 0 Å². The number of halogens is 1. The van der Waals surface area contributed by atoms with E-state index >= 15 is 0 Å². The van der Waals surface area contributed by atoms with E-state index in [1.807, 2.05) is 61.7 Å². The Kier molecular flexibility index (Phi) is 5.39. The lowest BCUT2D eigenvalue weighted by molar-refractivity contribution is 0.602. The molecule has 2 aromatic carbocycles. The molecule has 0 fully saturated rings. The first-order valence-electron chi connectivity index (χ1n) is 8.04. The first-order valence-corrected chi connectivity index (χ1v) is 10.7. The Hall–Kier alpha value is -2.24. The van der Waals surface area contributed by atoms with Crippen LogP contribution in [0.2, 0.25) is 0 Å². The summed E-state index contributed by atoms with van der Waals surface area (Å²) < 4.78 is 24.4. The number of pyridine rings is 1. The summed E-state index contributed by atoms with van der Waals surface area (Å²) in [5.41, 5.74) is 4.80. The normalized spacial score (nSPS) is 12.2. The van der Waals surface area contributed by atoms with E-state index in [1.165, 1.54) is 6.26 Å². The minimum Gasteiger partial charge on any atom is -0.256 e. The molecule has 0 aliphatic rings. The van der Waals surface area contributed by atoms with Gasteiger partial charge in [-0.2, -0.15) is 0 Å². The quantitative estimate of drug-likeness (QED) is 0.541. The fourth-order valence-electron chi connectivity index (χ4n) is 2.58. The van der Waals surface area contributed by atoms with E-state index in [0.717, 1.165) is 32.4 Å². The Morgan fingerprint density at radius 1 is 1.04 bits per heavy atom. The van der Waals surface area contributed by atoms with Crippen molar-refractivity contribution >= 4 is 37.4 Å². The average Bonchev–Trinajstić information content (AvgIpc) is 2.60. The molecule has 0 saturated carbocycles. The molecule has 132 valence electrons. The van der Waals surface area contributed by atoms with Crippen LogP contribution in [-0.4, -0.2) is 19.7 Å². The third kappa shape index (κ3) is 4.48. The number of sulfone groups is 1. The molecule has 1 aromatic heterocycles. The molecule has 5 heteroatoms. The topological polar surface area (TPSA) is 47.0 Å². The van der Waals surface area contributed by atoms with Gasteiger partial charge in [0.05, 0.1) is 10.6 Å². The molecule has 0 saturated heterocycles. The van der Waals surface area contributed by atoms with Gasteiger partial charge < -0.3 is 0 Å². The SMILES string of the molecule is Cc1ccc(C(=Cc2cccc(Br)c2)c2ccc(S(C)(=O)=O)cc2)nc1. The van der Waals surface area contributed by atoms with Gasteiger partial charge in [0, 0.05) is 22.5 Å². The molecule has 0 aliphatic heterocycles. The second-order valence-electron chi connectivity index (χ2n) is 6.13. The van der Waals surface area contributed by atoms with Crippen LogP contribution in [0.5, 0.6) is 0 Å². The molecule has 1 heterocycles. The number of nitrogens with zero attached hydrogens (tertiary/aromatic N) is 1. The highest BCUT2D eigenvalue weighted by atomic mass is 79.9. The van der Waals surface area contributed by atoms with Crippen LogP contribution in [0.4, 0.5) is 0 Å². The number of rotatable bonds is 4. The fourth-order valence-corrected chi connectivity index (χ4v) is 3.62. The zero-order valence-corrected chi connectivity index (χ0v) is 16.9. The standard InChI is InChI=1S/C21H18BrNO2S/c1-15-6-11-21(23-14-15)20(13-16-4-3-5-18(22)12-16)17-7-9-19(10-8-17)26(2,24)25/h3-14H,1-2H3. The lowest BCUT2D eigenvalue weighted by Crippen LogP contribution is -1.98. The maximum absolute atomic E-state index is 11.7. The predicted octanol–water partition coefficient (Wildman–Crippen LogP) is 5.14. The highest BCUT2D eigenvalue weighted by Gasteiger charge is 2.11. The molecule has 0 N–H and O–H groups in total. The Labute approximate surface area is 162 Å². The Balaban J connectivity index is 2.13. The second-order valence-corrected chi connectivity index (χ2v) is 9.06. The smallest absolute Gasteiger partial charge is 0.175 e. The number of aromatic nitrogens is 1. The van der Waals surface area contributed by atoms with Gasteiger partial charge in [0.2, 0.25) is 0 Å². The molecule has 0 radical (unpaired) electrons. The van der Waals surface area contributed by atoms with Crippen LogP contribution < -0.4 is 0 Å². The van der Waals surface area contributed by atoms with E-state index in [-0.39, 0.29) is 0 Å². The molecular formula is C21H18BrNO2S. The lowest BCUT2D eigenvalue weighted by Gasteiger charge is -2.10. The minimum absolute atomic E-state index is 0.305. The van der Waals surface area contributed by atoms with Crippen LogP contribution in [0.1, 0.15) is 22.4 Å². The van der Waals surface area contributed by atoms with Crippen LogP contribution in [0.25, 0.3) is 11.6 Å². The zero-order valence-electron chi connectivity index (χ0n) is 14.5. The summed E-state index contributed by atoms with van der Waals surface area (Å²) in [6.07, 6.45) is 5.09. The summed E-state index contributed by atoms with van der Waals surface area (Å²) in [7, 11) is -3.22. The molecule has 26 heavy (non-hydrogen) atoms. The summed E-state index contributed by atoms with van der Waals surface area (Å²) in [5, 5.41) is 0. The van der Waals surface area contributed by atoms with E-state index in [4.69, 9.17) is 0 Å². The largest absolute Gasteiger partial charge is 0.256 e. The highest BCUT2D eigenvalue weighted by molar-refractivity contribution is 9.10. The van der Waals surface area contributed by atoms with Gasteiger partial charge in [-0.15, -0.1) is 0 Å². The molecule has 3 nitrogen and oxygen atoms in total. The molecule has 0 unspecified atom stereocenters. The summed E-state index contributed by atoms with van der Waals surface area (Å²) in [4.78, 5) is 4.85. The number of benzene rings is 2. The molecule has 3 aromatic rings. The molecule has 0 amide bonds. The number of hydrogen-bond acceptors (Lipinski definition) is 3. The van der Waals surface area contributed by atoms with Crippen LogP contribution in [0.3, 0.4) is 0 Å². The molecule has 0 aliphatic carbocycles. The van der Waals surface area contributed by atoms with Crippen LogP contribution in [0, 0.1) is 6.92 Å². The van der Waals surface area contributed by atoms with Crippen molar-refractivity contribution in [3.8, 4) is 0 Å². The molecule has 0 atom stereocenters. The van der Waals surface area contributed by atoms with Crippen molar-refractivity contribution in [2.45, 2.75) is 11.8 Å². The van der Waals surface area contributed by atoms with Crippen molar-refractivity contribution in [2.75, 3.05) is 6.26 Å². The predicted molar refractivity (Wildman–Crippen MR) is 110 cm³/mol. The van der Waals surface area contributed by atoms with Gasteiger partial charge in [-0.1, -0.05) is 46.3 Å². The Morgan fingerprint density at radius 3 is 2.35 bits per heavy atom. The van der Waals surface area contributed by atoms with Gasteiger partial charge in [0.1, 0.15) is 0 Å². The van der Waals surface area contributed by atoms with Gasteiger partial charge in [-0.3, -0.25) is 4.98 Å². The van der Waals surface area contributed by atoms with Crippen LogP contribution >= 0.6 is 15.9 Å². The van der Waals surface area contributed by atoms with Crippen molar-refractivity contribution in [3.05, 3.63) is 93.7 Å². The molecular weight excluding hydrogens is 410 g/mol. The van der Waals surface area contributed by atoms with E-state index in [0.29, 0.717) is 4.90 Å².